The number of hydrogen-bond acceptors (Lipinski definition) is 3. The lowest BCUT2D eigenvalue weighted by Gasteiger charge is -2.36. The number of carbonyl (C=O) groups is 1. The van der Waals surface area contributed by atoms with E-state index >= 15 is 0 Å². The van der Waals surface area contributed by atoms with Crippen molar-refractivity contribution in [1.82, 2.24) is 0 Å². The van der Waals surface area contributed by atoms with E-state index in [1.807, 2.05) is 31.0 Å². The highest BCUT2D eigenvalue weighted by Gasteiger charge is 2.30. The molecule has 0 spiro atoms. The summed E-state index contributed by atoms with van der Waals surface area (Å²) in [6.07, 6.45) is 0.632. The number of rotatable bonds is 2. The molecule has 1 heterocycles. The molecule has 1 aromatic rings. The minimum Gasteiger partial charge on any atom is -0.361 e. The van der Waals surface area contributed by atoms with Gasteiger partial charge in [0.05, 0.1) is 11.4 Å². The monoisotopic (exact) mass is 253 g/mol. The third-order valence-corrected chi connectivity index (χ3v) is 3.34. The number of anilines is 2. The molecule has 5 heteroatoms. The maximum atomic E-state index is 12.0. The summed E-state index contributed by atoms with van der Waals surface area (Å²) in [6, 6.07) is 3.50. The molecule has 0 fully saturated rings. The van der Waals surface area contributed by atoms with Gasteiger partial charge in [0.25, 0.3) is 0 Å². The first kappa shape index (κ1) is 12.2. The van der Waals surface area contributed by atoms with Crippen molar-refractivity contribution in [3.05, 3.63) is 22.7 Å². The Morgan fingerprint density at radius 2 is 2.24 bits per heavy atom. The van der Waals surface area contributed by atoms with E-state index in [-0.39, 0.29) is 11.9 Å². The van der Waals surface area contributed by atoms with Crippen LogP contribution in [0.2, 0.25) is 5.02 Å². The Morgan fingerprint density at radius 3 is 2.88 bits per heavy atom. The van der Waals surface area contributed by atoms with Crippen molar-refractivity contribution in [2.45, 2.75) is 19.4 Å². The highest BCUT2D eigenvalue weighted by Crippen LogP contribution is 2.36. The van der Waals surface area contributed by atoms with Gasteiger partial charge < -0.3 is 16.0 Å². The molecule has 1 atom stereocenters. The van der Waals surface area contributed by atoms with Crippen LogP contribution in [0, 0.1) is 6.92 Å². The van der Waals surface area contributed by atoms with Gasteiger partial charge in [-0.25, -0.2) is 0 Å². The molecule has 17 heavy (non-hydrogen) atoms. The SMILES string of the molecule is Cc1cc(Cl)cc2c1NC(=O)C(CCN)N2C. The lowest BCUT2D eigenvalue weighted by Crippen LogP contribution is -2.47. The summed E-state index contributed by atoms with van der Waals surface area (Å²) in [6.45, 7) is 2.42. The number of fused-ring (bicyclic) bond motifs is 1. The number of carbonyl (C=O) groups excluding carboxylic acids is 1. The van der Waals surface area contributed by atoms with Crippen LogP contribution >= 0.6 is 11.6 Å². The van der Waals surface area contributed by atoms with Gasteiger partial charge >= 0.3 is 0 Å². The number of nitrogens with two attached hydrogens (primary N) is 1. The first-order valence-corrected chi connectivity index (χ1v) is 5.96. The Labute approximate surface area is 106 Å². The maximum Gasteiger partial charge on any atom is 0.247 e. The van der Waals surface area contributed by atoms with Gasteiger partial charge in [-0.2, -0.15) is 0 Å². The molecule has 1 aromatic carbocycles. The number of halogens is 1. The van der Waals surface area contributed by atoms with Gasteiger partial charge in [-0.05, 0) is 37.6 Å². The standard InChI is InChI=1S/C12H16ClN3O/c1-7-5-8(13)6-10-11(7)15-12(17)9(3-4-14)16(10)2/h5-6,9H,3-4,14H2,1-2H3,(H,15,17). The molecule has 1 unspecified atom stereocenters. The molecule has 0 bridgehead atoms. The van der Waals surface area contributed by atoms with Crippen molar-refractivity contribution in [3.8, 4) is 0 Å². The van der Waals surface area contributed by atoms with Gasteiger partial charge in [0, 0.05) is 12.1 Å². The number of hydrogen-bond donors (Lipinski definition) is 2. The Hall–Kier alpha value is -1.26. The quantitative estimate of drug-likeness (QED) is 0.844. The molecule has 2 rings (SSSR count). The van der Waals surface area contributed by atoms with Crippen molar-refractivity contribution in [2.24, 2.45) is 5.73 Å². The number of amides is 1. The second-order valence-electron chi connectivity index (χ2n) is 4.31. The zero-order chi connectivity index (χ0) is 12.6. The van der Waals surface area contributed by atoms with Gasteiger partial charge in [-0.1, -0.05) is 11.6 Å². The summed E-state index contributed by atoms with van der Waals surface area (Å²) in [5, 5.41) is 3.60. The van der Waals surface area contributed by atoms with Crippen molar-refractivity contribution >= 4 is 28.9 Å². The highest BCUT2D eigenvalue weighted by atomic mass is 35.5. The summed E-state index contributed by atoms with van der Waals surface area (Å²) in [7, 11) is 1.90. The predicted molar refractivity (Wildman–Crippen MR) is 70.7 cm³/mol. The van der Waals surface area contributed by atoms with E-state index in [2.05, 4.69) is 5.32 Å². The normalized spacial score (nSPS) is 18.9. The lowest BCUT2D eigenvalue weighted by atomic mass is 10.0. The molecule has 92 valence electrons. The van der Waals surface area contributed by atoms with E-state index in [9.17, 15) is 4.79 Å². The maximum absolute atomic E-state index is 12.0. The largest absolute Gasteiger partial charge is 0.361 e. The molecule has 1 amide bonds. The van der Waals surface area contributed by atoms with Crippen LogP contribution in [0.15, 0.2) is 12.1 Å². The fourth-order valence-electron chi connectivity index (χ4n) is 2.20. The van der Waals surface area contributed by atoms with Crippen molar-refractivity contribution in [2.75, 3.05) is 23.8 Å². The molecular weight excluding hydrogens is 238 g/mol. The summed E-state index contributed by atoms with van der Waals surface area (Å²) < 4.78 is 0. The second kappa shape index (κ2) is 4.55. The van der Waals surface area contributed by atoms with E-state index < -0.39 is 0 Å². The van der Waals surface area contributed by atoms with E-state index in [4.69, 9.17) is 17.3 Å². The van der Waals surface area contributed by atoms with E-state index in [1.54, 1.807) is 0 Å². The lowest BCUT2D eigenvalue weighted by molar-refractivity contribution is -0.117. The summed E-state index contributed by atoms with van der Waals surface area (Å²) in [5.41, 5.74) is 8.30. The van der Waals surface area contributed by atoms with Gasteiger partial charge in [0.2, 0.25) is 5.91 Å². The average Bonchev–Trinajstić information content (AvgIpc) is 2.26. The summed E-state index contributed by atoms with van der Waals surface area (Å²) in [5.74, 6) is -0.00382. The molecule has 0 radical (unpaired) electrons. The van der Waals surface area contributed by atoms with Crippen LogP contribution in [0.5, 0.6) is 0 Å². The number of benzene rings is 1. The van der Waals surface area contributed by atoms with Crippen LogP contribution in [-0.2, 0) is 4.79 Å². The second-order valence-corrected chi connectivity index (χ2v) is 4.75. The van der Waals surface area contributed by atoms with E-state index in [1.165, 1.54) is 0 Å². The van der Waals surface area contributed by atoms with Gasteiger partial charge in [-0.3, -0.25) is 4.79 Å². The Morgan fingerprint density at radius 1 is 1.53 bits per heavy atom. The summed E-state index contributed by atoms with van der Waals surface area (Å²) in [4.78, 5) is 13.9. The minimum absolute atomic E-state index is 0.00382. The molecular formula is C12H16ClN3O. The number of likely N-dealkylation sites (N-methyl/N-ethyl adjacent to an activating group) is 1. The van der Waals surface area contributed by atoms with Gasteiger partial charge in [0.15, 0.2) is 0 Å². The Bertz CT molecular complexity index is 461. The molecule has 3 N–H and O–H groups in total. The van der Waals surface area contributed by atoms with Crippen LogP contribution in [-0.4, -0.2) is 25.5 Å². The van der Waals surface area contributed by atoms with Crippen molar-refractivity contribution in [1.29, 1.82) is 0 Å². The highest BCUT2D eigenvalue weighted by molar-refractivity contribution is 6.31. The zero-order valence-corrected chi connectivity index (χ0v) is 10.7. The Balaban J connectivity index is 2.46. The van der Waals surface area contributed by atoms with Gasteiger partial charge in [0.1, 0.15) is 6.04 Å². The predicted octanol–water partition coefficient (Wildman–Crippen LogP) is 1.75. The molecule has 1 aliphatic heterocycles. The molecule has 0 saturated carbocycles. The van der Waals surface area contributed by atoms with E-state index in [0.717, 1.165) is 16.9 Å². The van der Waals surface area contributed by atoms with Crippen LogP contribution < -0.4 is 16.0 Å². The van der Waals surface area contributed by atoms with Crippen LogP contribution in [0.1, 0.15) is 12.0 Å². The first-order chi connectivity index (χ1) is 8.04. The van der Waals surface area contributed by atoms with E-state index in [0.29, 0.717) is 18.0 Å². The van der Waals surface area contributed by atoms with Crippen molar-refractivity contribution < 1.29 is 4.79 Å². The molecule has 1 aliphatic rings. The summed E-state index contributed by atoms with van der Waals surface area (Å²) >= 11 is 6.04. The zero-order valence-electron chi connectivity index (χ0n) is 9.96. The average molecular weight is 254 g/mol. The third kappa shape index (κ3) is 2.10. The molecule has 0 saturated heterocycles. The fraction of sp³-hybridized carbons (Fsp3) is 0.417. The number of nitrogens with zero attached hydrogens (tertiary/aromatic N) is 1. The Kier molecular flexibility index (Phi) is 3.26. The third-order valence-electron chi connectivity index (χ3n) is 3.12. The minimum atomic E-state index is -0.217. The van der Waals surface area contributed by atoms with Crippen molar-refractivity contribution in [3.63, 3.8) is 0 Å². The number of aryl methyl sites for hydroxylation is 1. The van der Waals surface area contributed by atoms with Gasteiger partial charge in [-0.15, -0.1) is 0 Å². The smallest absolute Gasteiger partial charge is 0.247 e. The van der Waals surface area contributed by atoms with Crippen LogP contribution in [0.4, 0.5) is 11.4 Å². The molecule has 0 aliphatic carbocycles. The fourth-order valence-corrected chi connectivity index (χ4v) is 2.47. The van der Waals surface area contributed by atoms with Crippen LogP contribution in [0.25, 0.3) is 0 Å². The number of nitrogens with one attached hydrogen (secondary N) is 1. The molecule has 4 nitrogen and oxygen atoms in total. The molecule has 0 aromatic heterocycles. The first-order valence-electron chi connectivity index (χ1n) is 5.58. The van der Waals surface area contributed by atoms with Crippen LogP contribution in [0.3, 0.4) is 0 Å². The topological polar surface area (TPSA) is 58.4 Å².